The van der Waals surface area contributed by atoms with Crippen molar-refractivity contribution in [3.8, 4) is 0 Å². The second kappa shape index (κ2) is 4.47. The zero-order chi connectivity index (χ0) is 10.8. The Labute approximate surface area is 103 Å². The fourth-order valence-corrected chi connectivity index (χ4v) is 2.36. The predicted molar refractivity (Wildman–Crippen MR) is 64.5 cm³/mol. The molecule has 0 atom stereocenters. The van der Waals surface area contributed by atoms with Crippen LogP contribution < -0.4 is 5.32 Å². The van der Waals surface area contributed by atoms with Crippen LogP contribution in [-0.4, -0.2) is 4.98 Å². The molecule has 0 radical (unpaired) electrons. The molecule has 0 aliphatic rings. The summed E-state index contributed by atoms with van der Waals surface area (Å²) in [7, 11) is 0. The van der Waals surface area contributed by atoms with E-state index in [1.165, 1.54) is 17.4 Å². The first-order valence-corrected chi connectivity index (χ1v) is 6.04. The number of hydrogen-bond donors (Lipinski definition) is 1. The van der Waals surface area contributed by atoms with Gasteiger partial charge >= 0.3 is 0 Å². The van der Waals surface area contributed by atoms with Gasteiger partial charge in [-0.25, -0.2) is 9.37 Å². The molecule has 15 heavy (non-hydrogen) atoms. The summed E-state index contributed by atoms with van der Waals surface area (Å²) in [6.45, 7) is 0. The first-order valence-electron chi connectivity index (χ1n) is 3.99. The Morgan fingerprint density at radius 2 is 2.27 bits per heavy atom. The van der Waals surface area contributed by atoms with E-state index in [0.29, 0.717) is 10.8 Å². The fraction of sp³-hybridized carbons (Fsp3) is 0. The number of benzene rings is 1. The first kappa shape index (κ1) is 10.9. The Kier molecular flexibility index (Phi) is 3.23. The Morgan fingerprint density at radius 3 is 2.93 bits per heavy atom. The van der Waals surface area contributed by atoms with Gasteiger partial charge in [0.05, 0.1) is 10.7 Å². The van der Waals surface area contributed by atoms with Crippen molar-refractivity contribution in [3.05, 3.63) is 39.0 Å². The summed E-state index contributed by atoms with van der Waals surface area (Å²) in [6.07, 6.45) is 0. The van der Waals surface area contributed by atoms with E-state index in [2.05, 4.69) is 26.2 Å². The summed E-state index contributed by atoms with van der Waals surface area (Å²) in [5, 5.41) is 5.37. The van der Waals surface area contributed by atoms with Crippen molar-refractivity contribution in [2.24, 2.45) is 0 Å². The summed E-state index contributed by atoms with van der Waals surface area (Å²) in [5.41, 5.74) is 0.323. The van der Waals surface area contributed by atoms with Crippen molar-refractivity contribution in [1.29, 1.82) is 0 Å². The molecular formula is C9H5BrClFN2S. The second-order valence-corrected chi connectivity index (χ2v) is 4.78. The third-order valence-corrected chi connectivity index (χ3v) is 3.43. The zero-order valence-corrected chi connectivity index (χ0v) is 10.5. The van der Waals surface area contributed by atoms with E-state index in [9.17, 15) is 4.39 Å². The maximum absolute atomic E-state index is 13.5. The zero-order valence-electron chi connectivity index (χ0n) is 7.30. The number of anilines is 2. The maximum atomic E-state index is 13.5. The van der Waals surface area contributed by atoms with E-state index in [4.69, 9.17) is 11.6 Å². The summed E-state index contributed by atoms with van der Waals surface area (Å²) >= 11 is 10.2. The molecule has 0 aliphatic heterocycles. The molecule has 1 N–H and O–H groups in total. The SMILES string of the molecule is Fc1c(Cl)cccc1Nc1nc(Br)cs1. The third-order valence-electron chi connectivity index (χ3n) is 1.67. The van der Waals surface area contributed by atoms with E-state index in [0.717, 1.165) is 4.60 Å². The number of hydrogen-bond acceptors (Lipinski definition) is 3. The van der Waals surface area contributed by atoms with Crippen LogP contribution in [0.1, 0.15) is 0 Å². The van der Waals surface area contributed by atoms with Crippen molar-refractivity contribution in [3.63, 3.8) is 0 Å². The Bertz CT molecular complexity index is 489. The number of thiazole rings is 1. The van der Waals surface area contributed by atoms with Gasteiger partial charge in [0.25, 0.3) is 0 Å². The smallest absolute Gasteiger partial charge is 0.188 e. The molecule has 2 aromatic rings. The fourth-order valence-electron chi connectivity index (χ4n) is 1.03. The molecule has 0 saturated heterocycles. The van der Waals surface area contributed by atoms with Crippen LogP contribution in [0.25, 0.3) is 0 Å². The lowest BCUT2D eigenvalue weighted by Gasteiger charge is -2.04. The Balaban J connectivity index is 2.28. The number of rotatable bonds is 2. The first-order chi connectivity index (χ1) is 7.16. The highest BCUT2D eigenvalue weighted by Crippen LogP contribution is 2.27. The molecule has 0 aliphatic carbocycles. The van der Waals surface area contributed by atoms with Gasteiger partial charge in [-0.15, -0.1) is 11.3 Å². The maximum Gasteiger partial charge on any atom is 0.188 e. The van der Waals surface area contributed by atoms with Crippen LogP contribution in [0.3, 0.4) is 0 Å². The van der Waals surface area contributed by atoms with Crippen LogP contribution in [0.5, 0.6) is 0 Å². The summed E-state index contributed by atoms with van der Waals surface area (Å²) in [4.78, 5) is 4.09. The summed E-state index contributed by atoms with van der Waals surface area (Å²) in [6, 6.07) is 4.78. The van der Waals surface area contributed by atoms with Crippen LogP contribution in [-0.2, 0) is 0 Å². The van der Waals surface area contributed by atoms with Gasteiger partial charge in [-0.1, -0.05) is 17.7 Å². The van der Waals surface area contributed by atoms with Crippen molar-refractivity contribution in [2.45, 2.75) is 0 Å². The molecule has 0 saturated carbocycles. The van der Waals surface area contributed by atoms with E-state index in [-0.39, 0.29) is 5.02 Å². The molecule has 0 amide bonds. The van der Waals surface area contributed by atoms with Gasteiger partial charge in [0.1, 0.15) is 4.60 Å². The molecular weight excluding hydrogens is 303 g/mol. The van der Waals surface area contributed by atoms with E-state index < -0.39 is 5.82 Å². The van der Waals surface area contributed by atoms with Crippen LogP contribution in [0.4, 0.5) is 15.2 Å². The van der Waals surface area contributed by atoms with Crippen LogP contribution >= 0.6 is 38.9 Å². The molecule has 0 spiro atoms. The molecule has 0 unspecified atom stereocenters. The number of halogens is 3. The van der Waals surface area contributed by atoms with Gasteiger partial charge in [-0.05, 0) is 28.1 Å². The van der Waals surface area contributed by atoms with E-state index in [1.807, 2.05) is 5.38 Å². The Morgan fingerprint density at radius 1 is 1.47 bits per heavy atom. The van der Waals surface area contributed by atoms with Crippen LogP contribution in [0, 0.1) is 5.82 Å². The normalized spacial score (nSPS) is 10.3. The lowest BCUT2D eigenvalue weighted by Crippen LogP contribution is -1.93. The number of nitrogens with zero attached hydrogens (tertiary/aromatic N) is 1. The van der Waals surface area contributed by atoms with Gasteiger partial charge in [0.15, 0.2) is 10.9 Å². The number of nitrogens with one attached hydrogen (secondary N) is 1. The van der Waals surface area contributed by atoms with Crippen LogP contribution in [0.15, 0.2) is 28.2 Å². The molecule has 1 aromatic heterocycles. The molecule has 78 valence electrons. The summed E-state index contributed by atoms with van der Waals surface area (Å²) < 4.78 is 14.2. The minimum Gasteiger partial charge on any atom is -0.329 e. The molecule has 2 nitrogen and oxygen atoms in total. The predicted octanol–water partition coefficient (Wildman–Crippen LogP) is 4.44. The Hall–Kier alpha value is -0.650. The lowest BCUT2D eigenvalue weighted by molar-refractivity contribution is 0.632. The van der Waals surface area contributed by atoms with Crippen molar-refractivity contribution >= 4 is 49.7 Å². The minimum absolute atomic E-state index is 0.0932. The average molecular weight is 308 g/mol. The van der Waals surface area contributed by atoms with Gasteiger partial charge < -0.3 is 5.32 Å². The van der Waals surface area contributed by atoms with Gasteiger partial charge in [-0.3, -0.25) is 0 Å². The van der Waals surface area contributed by atoms with E-state index >= 15 is 0 Å². The molecule has 0 fully saturated rings. The van der Waals surface area contributed by atoms with Crippen molar-refractivity contribution in [1.82, 2.24) is 4.98 Å². The summed E-state index contributed by atoms with van der Waals surface area (Å²) in [5.74, 6) is -0.467. The molecule has 2 rings (SSSR count). The monoisotopic (exact) mass is 306 g/mol. The standard InChI is InChI=1S/C9H5BrClFN2S/c10-7-4-15-9(14-7)13-6-3-1-2-5(11)8(6)12/h1-4H,(H,13,14). The van der Waals surface area contributed by atoms with Crippen molar-refractivity contribution in [2.75, 3.05) is 5.32 Å². The molecule has 1 heterocycles. The van der Waals surface area contributed by atoms with Crippen molar-refractivity contribution < 1.29 is 4.39 Å². The number of aromatic nitrogens is 1. The topological polar surface area (TPSA) is 24.9 Å². The van der Waals surface area contributed by atoms with Gasteiger partial charge in [0, 0.05) is 5.38 Å². The van der Waals surface area contributed by atoms with Gasteiger partial charge in [0.2, 0.25) is 0 Å². The third kappa shape index (κ3) is 2.48. The highest BCUT2D eigenvalue weighted by atomic mass is 79.9. The average Bonchev–Trinajstić information content (AvgIpc) is 2.59. The molecule has 6 heteroatoms. The second-order valence-electron chi connectivity index (χ2n) is 2.70. The lowest BCUT2D eigenvalue weighted by atomic mass is 10.3. The molecule has 0 bridgehead atoms. The van der Waals surface area contributed by atoms with E-state index in [1.54, 1.807) is 12.1 Å². The van der Waals surface area contributed by atoms with Crippen LogP contribution in [0.2, 0.25) is 5.02 Å². The highest BCUT2D eigenvalue weighted by Gasteiger charge is 2.07. The highest BCUT2D eigenvalue weighted by molar-refractivity contribution is 9.10. The van der Waals surface area contributed by atoms with Gasteiger partial charge in [-0.2, -0.15) is 0 Å². The largest absolute Gasteiger partial charge is 0.329 e. The quantitative estimate of drug-likeness (QED) is 0.887. The minimum atomic E-state index is -0.467. The molecule has 1 aromatic carbocycles.